The molecule has 0 aliphatic carbocycles. The Kier molecular flexibility index (Phi) is 3.12. The average Bonchev–Trinajstić information content (AvgIpc) is 2.08. The summed E-state index contributed by atoms with van der Waals surface area (Å²) in [6, 6.07) is 5.21. The first-order valence-electron chi connectivity index (χ1n) is 4.19. The van der Waals surface area contributed by atoms with Gasteiger partial charge < -0.3 is 4.74 Å². The fraction of sp³-hybridized carbons (Fsp3) is 0.300. The van der Waals surface area contributed by atoms with Crippen molar-refractivity contribution in [1.29, 1.82) is 0 Å². The molecule has 0 N–H and O–H groups in total. The molecule has 0 saturated carbocycles. The molecular formula is C10H11BO2. The van der Waals surface area contributed by atoms with E-state index in [0.717, 1.165) is 0 Å². The van der Waals surface area contributed by atoms with Gasteiger partial charge in [0.15, 0.2) is 5.78 Å². The van der Waals surface area contributed by atoms with Gasteiger partial charge in [-0.2, -0.15) is 0 Å². The Labute approximate surface area is 79.3 Å². The normalized spacial score (nSPS) is 9.69. The summed E-state index contributed by atoms with van der Waals surface area (Å²) in [6.07, 6.45) is 0. The molecule has 0 atom stereocenters. The molecule has 66 valence electrons. The second-order valence-corrected chi connectivity index (χ2v) is 2.71. The van der Waals surface area contributed by atoms with Gasteiger partial charge in [-0.3, -0.25) is 4.79 Å². The van der Waals surface area contributed by atoms with E-state index >= 15 is 0 Å². The van der Waals surface area contributed by atoms with Gasteiger partial charge in [0.05, 0.1) is 6.61 Å². The van der Waals surface area contributed by atoms with Gasteiger partial charge in [0.2, 0.25) is 0 Å². The van der Waals surface area contributed by atoms with Crippen LogP contribution in [0.2, 0.25) is 0 Å². The van der Waals surface area contributed by atoms with Crippen molar-refractivity contribution in [1.82, 2.24) is 0 Å². The highest BCUT2D eigenvalue weighted by Crippen LogP contribution is 2.09. The van der Waals surface area contributed by atoms with Crippen LogP contribution in [-0.4, -0.2) is 20.2 Å². The van der Waals surface area contributed by atoms with Crippen molar-refractivity contribution in [2.24, 2.45) is 0 Å². The van der Waals surface area contributed by atoms with Gasteiger partial charge in [-0.1, -0.05) is 12.1 Å². The topological polar surface area (TPSA) is 26.3 Å². The summed E-state index contributed by atoms with van der Waals surface area (Å²) in [7, 11) is 5.72. The molecule has 0 bridgehead atoms. The number of carbonyl (C=O) groups is 1. The van der Waals surface area contributed by atoms with Crippen molar-refractivity contribution in [2.75, 3.05) is 6.61 Å². The molecule has 0 amide bonds. The van der Waals surface area contributed by atoms with E-state index in [1.165, 1.54) is 6.92 Å². The molecule has 1 aromatic rings. The lowest BCUT2D eigenvalue weighted by molar-refractivity contribution is 0.101. The summed E-state index contributed by atoms with van der Waals surface area (Å²) in [4.78, 5) is 11.1. The van der Waals surface area contributed by atoms with Crippen molar-refractivity contribution >= 4 is 19.1 Å². The Morgan fingerprint density at radius 3 is 2.77 bits per heavy atom. The standard InChI is InChI=1S/C10H11BO2/c1-3-13-9-6-4-5-8(7(2)12)10(9)11/h4-6H,3H2,1-2H3. The van der Waals surface area contributed by atoms with Gasteiger partial charge in [0.25, 0.3) is 0 Å². The summed E-state index contributed by atoms with van der Waals surface area (Å²) in [5, 5.41) is 0. The average molecular weight is 174 g/mol. The predicted molar refractivity (Wildman–Crippen MR) is 53.0 cm³/mol. The van der Waals surface area contributed by atoms with Crippen molar-refractivity contribution in [3.05, 3.63) is 23.8 Å². The second-order valence-electron chi connectivity index (χ2n) is 2.71. The van der Waals surface area contributed by atoms with Gasteiger partial charge in [0.1, 0.15) is 13.6 Å². The molecule has 0 aliphatic heterocycles. The van der Waals surface area contributed by atoms with Crippen LogP contribution in [0.1, 0.15) is 24.2 Å². The lowest BCUT2D eigenvalue weighted by Crippen LogP contribution is -2.17. The Balaban J connectivity index is 3.10. The molecule has 13 heavy (non-hydrogen) atoms. The van der Waals surface area contributed by atoms with Gasteiger partial charge in [-0.15, -0.1) is 0 Å². The summed E-state index contributed by atoms with van der Waals surface area (Å²) in [5.41, 5.74) is 0.947. The highest BCUT2D eigenvalue weighted by atomic mass is 16.5. The van der Waals surface area contributed by atoms with Crippen LogP contribution < -0.4 is 10.2 Å². The van der Waals surface area contributed by atoms with E-state index in [9.17, 15) is 4.79 Å². The molecule has 3 heteroatoms. The fourth-order valence-electron chi connectivity index (χ4n) is 1.13. The third kappa shape index (κ3) is 2.11. The fourth-order valence-corrected chi connectivity index (χ4v) is 1.13. The zero-order chi connectivity index (χ0) is 9.84. The highest BCUT2D eigenvalue weighted by Gasteiger charge is 2.06. The van der Waals surface area contributed by atoms with Crippen LogP contribution in [0.25, 0.3) is 0 Å². The zero-order valence-electron chi connectivity index (χ0n) is 7.83. The molecular weight excluding hydrogens is 163 g/mol. The maximum absolute atomic E-state index is 11.1. The van der Waals surface area contributed by atoms with E-state index in [2.05, 4.69) is 0 Å². The Morgan fingerprint density at radius 2 is 2.23 bits per heavy atom. The summed E-state index contributed by atoms with van der Waals surface area (Å²) >= 11 is 0. The van der Waals surface area contributed by atoms with Crippen LogP contribution >= 0.6 is 0 Å². The molecule has 1 rings (SSSR count). The maximum Gasteiger partial charge on any atom is 0.159 e. The lowest BCUT2D eigenvalue weighted by Gasteiger charge is -2.09. The third-order valence-electron chi connectivity index (χ3n) is 1.75. The highest BCUT2D eigenvalue weighted by molar-refractivity contribution is 6.38. The first-order valence-corrected chi connectivity index (χ1v) is 4.19. The molecule has 0 fully saturated rings. The molecule has 1 aromatic carbocycles. The Hall–Kier alpha value is -1.25. The predicted octanol–water partition coefficient (Wildman–Crippen LogP) is 1.08. The summed E-state index contributed by atoms with van der Waals surface area (Å²) in [6.45, 7) is 3.91. The van der Waals surface area contributed by atoms with Crippen molar-refractivity contribution in [2.45, 2.75) is 13.8 Å². The smallest absolute Gasteiger partial charge is 0.159 e. The minimum atomic E-state index is -0.0425. The van der Waals surface area contributed by atoms with Crippen LogP contribution in [0.4, 0.5) is 0 Å². The number of rotatable bonds is 3. The SMILES string of the molecule is [B]c1c(OCC)cccc1C(C)=O. The number of Topliss-reactive ketones (excluding diaryl/α,β-unsaturated/α-hetero) is 1. The number of ketones is 1. The van der Waals surface area contributed by atoms with Crippen molar-refractivity contribution < 1.29 is 9.53 Å². The van der Waals surface area contributed by atoms with Gasteiger partial charge in [0, 0.05) is 5.56 Å². The summed E-state index contributed by atoms with van der Waals surface area (Å²) < 4.78 is 5.25. The zero-order valence-corrected chi connectivity index (χ0v) is 7.83. The molecule has 2 nitrogen and oxygen atoms in total. The first kappa shape index (κ1) is 9.84. The van der Waals surface area contributed by atoms with Crippen molar-refractivity contribution in [3.63, 3.8) is 0 Å². The van der Waals surface area contributed by atoms with Crippen LogP contribution in [0.5, 0.6) is 5.75 Å². The van der Waals surface area contributed by atoms with Gasteiger partial charge >= 0.3 is 0 Å². The number of hydrogen-bond donors (Lipinski definition) is 0. The van der Waals surface area contributed by atoms with Crippen molar-refractivity contribution in [3.8, 4) is 5.75 Å². The molecule has 0 spiro atoms. The monoisotopic (exact) mass is 174 g/mol. The van der Waals surface area contributed by atoms with E-state index in [4.69, 9.17) is 12.6 Å². The Bertz CT molecular complexity index is 321. The van der Waals surface area contributed by atoms with E-state index in [0.29, 0.717) is 23.4 Å². The minimum absolute atomic E-state index is 0.0425. The maximum atomic E-state index is 11.1. The second kappa shape index (κ2) is 4.12. The van der Waals surface area contributed by atoms with Gasteiger partial charge in [-0.25, -0.2) is 0 Å². The van der Waals surface area contributed by atoms with E-state index < -0.39 is 0 Å². The number of hydrogen-bond acceptors (Lipinski definition) is 2. The molecule has 2 radical (unpaired) electrons. The number of ether oxygens (including phenoxy) is 1. The largest absolute Gasteiger partial charge is 0.494 e. The van der Waals surface area contributed by atoms with E-state index in [1.807, 2.05) is 6.92 Å². The number of carbonyl (C=O) groups excluding carboxylic acids is 1. The lowest BCUT2D eigenvalue weighted by atomic mass is 9.88. The molecule has 0 unspecified atom stereocenters. The summed E-state index contributed by atoms with van der Waals surface area (Å²) in [5.74, 6) is 0.536. The third-order valence-corrected chi connectivity index (χ3v) is 1.75. The van der Waals surface area contributed by atoms with E-state index in [-0.39, 0.29) is 5.78 Å². The number of benzene rings is 1. The minimum Gasteiger partial charge on any atom is -0.494 e. The molecule has 0 aliphatic rings. The molecule has 0 saturated heterocycles. The molecule has 0 heterocycles. The van der Waals surface area contributed by atoms with Crippen LogP contribution in [0.15, 0.2) is 18.2 Å². The molecule has 0 aromatic heterocycles. The van der Waals surface area contributed by atoms with Crippen LogP contribution in [0.3, 0.4) is 0 Å². The van der Waals surface area contributed by atoms with Crippen LogP contribution in [-0.2, 0) is 0 Å². The Morgan fingerprint density at radius 1 is 1.54 bits per heavy atom. The quantitative estimate of drug-likeness (QED) is 0.506. The van der Waals surface area contributed by atoms with Gasteiger partial charge in [-0.05, 0) is 25.4 Å². The van der Waals surface area contributed by atoms with Crippen LogP contribution in [0, 0.1) is 0 Å². The first-order chi connectivity index (χ1) is 6.16. The van der Waals surface area contributed by atoms with E-state index in [1.54, 1.807) is 18.2 Å².